The molecule has 0 bridgehead atoms. The Balaban J connectivity index is 4.37. The standard InChI is InChI=1S/C14H25N5O7/c1-6(18-13(24)8(15)3-4-9(16)21)12(23)17-5-10(22)19-11(7(2)20)14(25)26/h6-8,11,20H,3-5,15H2,1-2H3,(H2,16,21)(H,17,23)(H,18,24)(H,19,22)(H,25,26). The summed E-state index contributed by atoms with van der Waals surface area (Å²) in [4.78, 5) is 56.7. The van der Waals surface area contributed by atoms with Gasteiger partial charge in [-0.05, 0) is 20.3 Å². The van der Waals surface area contributed by atoms with E-state index in [1.54, 1.807) is 0 Å². The molecule has 12 heteroatoms. The Kier molecular flexibility index (Phi) is 9.84. The third kappa shape index (κ3) is 8.94. The molecule has 4 unspecified atom stereocenters. The number of nitrogens with two attached hydrogens (primary N) is 2. The number of nitrogens with one attached hydrogen (secondary N) is 3. The summed E-state index contributed by atoms with van der Waals surface area (Å²) in [6, 6.07) is -3.56. The number of aliphatic carboxylic acids is 1. The average molecular weight is 375 g/mol. The molecule has 0 aromatic carbocycles. The van der Waals surface area contributed by atoms with Crippen molar-refractivity contribution in [2.24, 2.45) is 11.5 Å². The summed E-state index contributed by atoms with van der Waals surface area (Å²) in [5, 5.41) is 24.6. The molecule has 0 aromatic rings. The first-order valence-corrected chi connectivity index (χ1v) is 7.77. The van der Waals surface area contributed by atoms with Crippen LogP contribution in [0.5, 0.6) is 0 Å². The number of carboxylic acids is 1. The molecule has 26 heavy (non-hydrogen) atoms. The Morgan fingerprint density at radius 2 is 1.62 bits per heavy atom. The number of hydrogen-bond donors (Lipinski definition) is 7. The molecule has 0 rings (SSSR count). The quantitative estimate of drug-likeness (QED) is 0.189. The molecule has 9 N–H and O–H groups in total. The second-order valence-electron chi connectivity index (χ2n) is 5.68. The topological polar surface area (TPSA) is 214 Å². The van der Waals surface area contributed by atoms with Crippen molar-refractivity contribution >= 4 is 29.6 Å². The molecule has 0 aliphatic rings. The molecular formula is C14H25N5O7. The van der Waals surface area contributed by atoms with Crippen LogP contribution in [0, 0.1) is 0 Å². The average Bonchev–Trinajstić information content (AvgIpc) is 2.54. The number of carboxylic acid groups (broad SMARTS) is 1. The predicted octanol–water partition coefficient (Wildman–Crippen LogP) is -3.85. The molecule has 0 aromatic heterocycles. The summed E-state index contributed by atoms with van der Waals surface area (Å²) < 4.78 is 0. The largest absolute Gasteiger partial charge is 0.480 e. The molecule has 0 fully saturated rings. The maximum absolute atomic E-state index is 11.8. The van der Waals surface area contributed by atoms with E-state index in [1.165, 1.54) is 13.8 Å². The Morgan fingerprint density at radius 1 is 1.04 bits per heavy atom. The number of carbonyl (C=O) groups is 5. The first kappa shape index (κ1) is 23.3. The number of aliphatic hydroxyl groups excluding tert-OH is 1. The molecule has 0 saturated carbocycles. The molecule has 0 aliphatic carbocycles. The number of aliphatic hydroxyl groups is 1. The van der Waals surface area contributed by atoms with Gasteiger partial charge in [0.1, 0.15) is 6.04 Å². The van der Waals surface area contributed by atoms with Crippen LogP contribution in [-0.4, -0.2) is 70.6 Å². The zero-order valence-corrected chi connectivity index (χ0v) is 14.5. The highest BCUT2D eigenvalue weighted by Crippen LogP contribution is 1.95. The van der Waals surface area contributed by atoms with Crippen LogP contribution in [0.15, 0.2) is 0 Å². The second kappa shape index (κ2) is 11.0. The third-order valence-electron chi connectivity index (χ3n) is 3.28. The molecule has 0 saturated heterocycles. The molecular weight excluding hydrogens is 350 g/mol. The highest BCUT2D eigenvalue weighted by molar-refractivity contribution is 5.92. The van der Waals surface area contributed by atoms with Crippen molar-refractivity contribution in [2.45, 2.75) is 50.9 Å². The monoisotopic (exact) mass is 375 g/mol. The van der Waals surface area contributed by atoms with E-state index in [4.69, 9.17) is 16.6 Å². The summed E-state index contributed by atoms with van der Waals surface area (Å²) >= 11 is 0. The van der Waals surface area contributed by atoms with Gasteiger partial charge in [0.2, 0.25) is 23.6 Å². The first-order chi connectivity index (χ1) is 12.0. The number of hydrogen-bond acceptors (Lipinski definition) is 7. The van der Waals surface area contributed by atoms with Crippen LogP contribution in [0.1, 0.15) is 26.7 Å². The van der Waals surface area contributed by atoms with Crippen LogP contribution in [0.4, 0.5) is 0 Å². The summed E-state index contributed by atoms with van der Waals surface area (Å²) in [6.07, 6.45) is -1.38. The minimum atomic E-state index is -1.51. The van der Waals surface area contributed by atoms with Gasteiger partial charge in [-0.15, -0.1) is 0 Å². The summed E-state index contributed by atoms with van der Waals surface area (Å²) in [5.41, 5.74) is 10.5. The molecule has 0 aliphatic heterocycles. The van der Waals surface area contributed by atoms with Crippen LogP contribution >= 0.6 is 0 Å². The SMILES string of the molecule is CC(NC(=O)C(N)CCC(N)=O)C(=O)NCC(=O)NC(C(=O)O)C(C)O. The lowest BCUT2D eigenvalue weighted by Crippen LogP contribution is -2.53. The fourth-order valence-electron chi connectivity index (χ4n) is 1.75. The van der Waals surface area contributed by atoms with Gasteiger partial charge in [-0.25, -0.2) is 4.79 Å². The molecule has 4 amide bonds. The van der Waals surface area contributed by atoms with Crippen LogP contribution in [0.2, 0.25) is 0 Å². The lowest BCUT2D eigenvalue weighted by atomic mass is 10.1. The van der Waals surface area contributed by atoms with Crippen LogP contribution < -0.4 is 27.4 Å². The Bertz CT molecular complexity index is 552. The van der Waals surface area contributed by atoms with Gasteiger partial charge in [-0.1, -0.05) is 0 Å². The van der Waals surface area contributed by atoms with E-state index < -0.39 is 60.4 Å². The van der Waals surface area contributed by atoms with Crippen molar-refractivity contribution in [3.8, 4) is 0 Å². The molecule has 148 valence electrons. The minimum Gasteiger partial charge on any atom is -0.480 e. The first-order valence-electron chi connectivity index (χ1n) is 7.77. The Hall–Kier alpha value is -2.73. The van der Waals surface area contributed by atoms with Gasteiger partial charge < -0.3 is 37.6 Å². The van der Waals surface area contributed by atoms with E-state index in [0.29, 0.717) is 0 Å². The van der Waals surface area contributed by atoms with Gasteiger partial charge in [-0.3, -0.25) is 19.2 Å². The number of amides is 4. The summed E-state index contributed by atoms with van der Waals surface area (Å²) in [6.45, 7) is 1.99. The van der Waals surface area contributed by atoms with Gasteiger partial charge in [0.25, 0.3) is 0 Å². The smallest absolute Gasteiger partial charge is 0.328 e. The number of rotatable bonds is 11. The van der Waals surface area contributed by atoms with Gasteiger partial charge in [0, 0.05) is 6.42 Å². The van der Waals surface area contributed by atoms with Crippen LogP contribution in [-0.2, 0) is 24.0 Å². The van der Waals surface area contributed by atoms with E-state index in [2.05, 4.69) is 10.6 Å². The van der Waals surface area contributed by atoms with Crippen molar-refractivity contribution in [3.63, 3.8) is 0 Å². The molecule has 12 nitrogen and oxygen atoms in total. The van der Waals surface area contributed by atoms with Crippen molar-refractivity contribution in [2.75, 3.05) is 6.54 Å². The van der Waals surface area contributed by atoms with E-state index in [9.17, 15) is 29.1 Å². The zero-order chi connectivity index (χ0) is 20.4. The molecule has 0 heterocycles. The van der Waals surface area contributed by atoms with Crippen molar-refractivity contribution in [3.05, 3.63) is 0 Å². The number of carbonyl (C=O) groups excluding carboxylic acids is 4. The van der Waals surface area contributed by atoms with Gasteiger partial charge in [0.05, 0.1) is 18.7 Å². The summed E-state index contributed by atoms with van der Waals surface area (Å²) in [7, 11) is 0. The summed E-state index contributed by atoms with van der Waals surface area (Å²) in [5.74, 6) is -4.24. The van der Waals surface area contributed by atoms with E-state index in [1.807, 2.05) is 5.32 Å². The van der Waals surface area contributed by atoms with Gasteiger partial charge in [0.15, 0.2) is 6.04 Å². The maximum Gasteiger partial charge on any atom is 0.328 e. The maximum atomic E-state index is 11.8. The fourth-order valence-corrected chi connectivity index (χ4v) is 1.75. The van der Waals surface area contributed by atoms with E-state index in [0.717, 1.165) is 0 Å². The lowest BCUT2D eigenvalue weighted by molar-refractivity contribution is -0.144. The zero-order valence-electron chi connectivity index (χ0n) is 14.5. The van der Waals surface area contributed by atoms with Crippen molar-refractivity contribution in [1.82, 2.24) is 16.0 Å². The number of primary amides is 1. The third-order valence-corrected chi connectivity index (χ3v) is 3.28. The highest BCUT2D eigenvalue weighted by atomic mass is 16.4. The van der Waals surface area contributed by atoms with Crippen LogP contribution in [0.25, 0.3) is 0 Å². The van der Waals surface area contributed by atoms with Crippen molar-refractivity contribution < 1.29 is 34.2 Å². The highest BCUT2D eigenvalue weighted by Gasteiger charge is 2.25. The molecule has 0 radical (unpaired) electrons. The van der Waals surface area contributed by atoms with Gasteiger partial charge >= 0.3 is 5.97 Å². The van der Waals surface area contributed by atoms with Gasteiger partial charge in [-0.2, -0.15) is 0 Å². The molecule has 4 atom stereocenters. The normalized spacial score (nSPS) is 15.1. The van der Waals surface area contributed by atoms with Crippen LogP contribution in [0.3, 0.4) is 0 Å². The minimum absolute atomic E-state index is 0.0217. The van der Waals surface area contributed by atoms with Crippen molar-refractivity contribution in [1.29, 1.82) is 0 Å². The Morgan fingerprint density at radius 3 is 2.08 bits per heavy atom. The lowest BCUT2D eigenvalue weighted by Gasteiger charge is -2.19. The molecule has 0 spiro atoms. The predicted molar refractivity (Wildman–Crippen MR) is 88.3 cm³/mol. The van der Waals surface area contributed by atoms with E-state index >= 15 is 0 Å². The van der Waals surface area contributed by atoms with E-state index in [-0.39, 0.29) is 12.8 Å². The second-order valence-corrected chi connectivity index (χ2v) is 5.68. The fraction of sp³-hybridized carbons (Fsp3) is 0.643. The Labute approximate surface area is 149 Å².